The zero-order chi connectivity index (χ0) is 18.5. The summed E-state index contributed by atoms with van der Waals surface area (Å²) < 4.78 is 16.8. The van der Waals surface area contributed by atoms with Crippen LogP contribution in [0.1, 0.15) is 58.1 Å². The number of aliphatic hydroxyl groups is 1. The second-order valence-electron chi connectivity index (χ2n) is 8.89. The number of carbonyl (C=O) groups excluding carboxylic acids is 2. The van der Waals surface area contributed by atoms with Gasteiger partial charge in [-0.2, -0.15) is 0 Å². The van der Waals surface area contributed by atoms with Crippen LogP contribution in [-0.2, 0) is 19.1 Å². The molecule has 1 N–H and O–H groups in total. The first-order valence-corrected chi connectivity index (χ1v) is 9.37. The van der Waals surface area contributed by atoms with Crippen LogP contribution in [-0.4, -0.2) is 34.2 Å². The zero-order valence-corrected chi connectivity index (χ0v) is 15.3. The molecule has 1 aromatic heterocycles. The Morgan fingerprint density at radius 3 is 2.73 bits per heavy atom. The molecule has 1 aromatic rings. The number of cyclic esters (lactones) is 1. The summed E-state index contributed by atoms with van der Waals surface area (Å²) in [5.41, 5.74) is -3.63. The van der Waals surface area contributed by atoms with Crippen molar-refractivity contribution in [1.82, 2.24) is 0 Å². The van der Waals surface area contributed by atoms with Crippen molar-refractivity contribution in [1.29, 1.82) is 0 Å². The highest BCUT2D eigenvalue weighted by atomic mass is 16.6. The standard InChI is InChI=1S/C20H24O6/c1-11-8-14(21)17(2)18(3)15(26-18)4-6-20(17,23)19(11)9-13(25-16(19)22)12-5-7-24-10-12/h5,7,10-11,13,15,23H,4,6,8-9H2,1-3H3/t11-,13?,15?,17-,18-,19+,20-/m1/s1. The van der Waals surface area contributed by atoms with Gasteiger partial charge in [0.15, 0.2) is 0 Å². The van der Waals surface area contributed by atoms with Crippen LogP contribution in [0.25, 0.3) is 0 Å². The lowest BCUT2D eigenvalue weighted by Gasteiger charge is -2.61. The quantitative estimate of drug-likeness (QED) is 0.611. The highest BCUT2D eigenvalue weighted by molar-refractivity contribution is 5.94. The third-order valence-corrected chi connectivity index (χ3v) is 8.20. The number of rotatable bonds is 1. The van der Waals surface area contributed by atoms with Gasteiger partial charge in [-0.05, 0) is 38.7 Å². The molecule has 5 rings (SSSR count). The lowest BCUT2D eigenvalue weighted by Crippen LogP contribution is -2.74. The number of epoxide rings is 1. The van der Waals surface area contributed by atoms with E-state index in [0.29, 0.717) is 19.3 Å². The van der Waals surface area contributed by atoms with Crippen molar-refractivity contribution in [3.63, 3.8) is 0 Å². The van der Waals surface area contributed by atoms with Crippen LogP contribution in [0.5, 0.6) is 0 Å². The van der Waals surface area contributed by atoms with Crippen molar-refractivity contribution in [2.24, 2.45) is 16.7 Å². The smallest absolute Gasteiger partial charge is 0.316 e. The molecule has 140 valence electrons. The Labute approximate surface area is 151 Å². The van der Waals surface area contributed by atoms with E-state index in [1.807, 2.05) is 13.8 Å². The van der Waals surface area contributed by atoms with Crippen LogP contribution in [0.2, 0.25) is 0 Å². The average Bonchev–Trinajstić information content (AvgIpc) is 2.97. The van der Waals surface area contributed by atoms with E-state index in [0.717, 1.165) is 5.56 Å². The number of carbonyl (C=O) groups is 2. The molecule has 6 heteroatoms. The Morgan fingerprint density at radius 1 is 1.27 bits per heavy atom. The first-order chi connectivity index (χ1) is 12.2. The van der Waals surface area contributed by atoms with E-state index in [1.54, 1.807) is 25.5 Å². The minimum Gasteiger partial charge on any atom is -0.472 e. The average molecular weight is 360 g/mol. The largest absolute Gasteiger partial charge is 0.472 e. The van der Waals surface area contributed by atoms with E-state index in [-0.39, 0.29) is 24.2 Å². The van der Waals surface area contributed by atoms with E-state index < -0.39 is 34.1 Å². The molecular weight excluding hydrogens is 336 g/mol. The van der Waals surface area contributed by atoms with Gasteiger partial charge in [0.1, 0.15) is 22.9 Å². The number of hydrogen-bond donors (Lipinski definition) is 1. The Morgan fingerprint density at radius 2 is 2.04 bits per heavy atom. The summed E-state index contributed by atoms with van der Waals surface area (Å²) in [6.45, 7) is 5.58. The molecule has 6 nitrogen and oxygen atoms in total. The lowest BCUT2D eigenvalue weighted by atomic mass is 9.41. The molecule has 4 aliphatic rings. The number of ketones is 1. The van der Waals surface area contributed by atoms with Gasteiger partial charge in [-0.15, -0.1) is 0 Å². The molecule has 0 radical (unpaired) electrons. The maximum atomic E-state index is 13.2. The van der Waals surface area contributed by atoms with Gasteiger partial charge >= 0.3 is 5.97 Å². The normalized spacial score (nSPS) is 52.5. The molecule has 26 heavy (non-hydrogen) atoms. The molecule has 2 saturated carbocycles. The number of fused-ring (bicyclic) bond motifs is 4. The molecule has 2 aliphatic heterocycles. The number of Topliss-reactive ketones (excluding diaryl/α,β-unsaturated/α-hetero) is 1. The van der Waals surface area contributed by atoms with Crippen LogP contribution in [0.15, 0.2) is 23.0 Å². The topological polar surface area (TPSA) is 89.3 Å². The zero-order valence-electron chi connectivity index (χ0n) is 15.3. The number of hydrogen-bond acceptors (Lipinski definition) is 6. The molecule has 0 aromatic carbocycles. The van der Waals surface area contributed by atoms with Crippen molar-refractivity contribution < 1.29 is 28.6 Å². The lowest BCUT2D eigenvalue weighted by molar-refractivity contribution is -0.230. The molecule has 0 bridgehead atoms. The summed E-state index contributed by atoms with van der Waals surface area (Å²) in [6.07, 6.45) is 4.25. The Hall–Kier alpha value is -1.66. The molecular formula is C20H24O6. The van der Waals surface area contributed by atoms with Crippen molar-refractivity contribution in [3.8, 4) is 0 Å². The third kappa shape index (κ3) is 1.50. The number of furan rings is 1. The van der Waals surface area contributed by atoms with Gasteiger partial charge in [0.2, 0.25) is 0 Å². The molecule has 4 fully saturated rings. The first kappa shape index (κ1) is 16.5. The van der Waals surface area contributed by atoms with E-state index in [4.69, 9.17) is 13.9 Å². The fourth-order valence-corrected chi connectivity index (χ4v) is 6.31. The summed E-state index contributed by atoms with van der Waals surface area (Å²) in [7, 11) is 0. The summed E-state index contributed by atoms with van der Waals surface area (Å²) >= 11 is 0. The fourth-order valence-electron chi connectivity index (χ4n) is 6.31. The predicted octanol–water partition coefficient (Wildman–Crippen LogP) is 2.55. The summed E-state index contributed by atoms with van der Waals surface area (Å²) in [4.78, 5) is 26.4. The minimum absolute atomic E-state index is 0.0117. The van der Waals surface area contributed by atoms with Gasteiger partial charge in [-0.1, -0.05) is 6.92 Å². The molecule has 2 aliphatic carbocycles. The van der Waals surface area contributed by atoms with Crippen LogP contribution < -0.4 is 0 Å². The highest BCUT2D eigenvalue weighted by Crippen LogP contribution is 2.72. The van der Waals surface area contributed by atoms with Gasteiger partial charge in [-0.3, -0.25) is 9.59 Å². The summed E-state index contributed by atoms with van der Waals surface area (Å²) in [5.74, 6) is -0.709. The summed E-state index contributed by atoms with van der Waals surface area (Å²) in [5, 5.41) is 12.1. The molecule has 0 amide bonds. The van der Waals surface area contributed by atoms with Crippen molar-refractivity contribution in [2.45, 2.75) is 69.9 Å². The van der Waals surface area contributed by atoms with E-state index in [9.17, 15) is 14.7 Å². The molecule has 1 spiro atoms. The monoisotopic (exact) mass is 360 g/mol. The highest BCUT2D eigenvalue weighted by Gasteiger charge is 2.84. The van der Waals surface area contributed by atoms with Crippen LogP contribution >= 0.6 is 0 Å². The molecule has 2 unspecified atom stereocenters. The van der Waals surface area contributed by atoms with Gasteiger partial charge in [0, 0.05) is 18.4 Å². The molecule has 3 heterocycles. The Bertz CT molecular complexity index is 801. The second kappa shape index (κ2) is 4.60. The van der Waals surface area contributed by atoms with Crippen molar-refractivity contribution >= 4 is 11.8 Å². The number of esters is 1. The third-order valence-electron chi connectivity index (χ3n) is 8.20. The maximum Gasteiger partial charge on any atom is 0.316 e. The Balaban J connectivity index is 1.66. The summed E-state index contributed by atoms with van der Waals surface area (Å²) in [6, 6.07) is 1.78. The van der Waals surface area contributed by atoms with Crippen molar-refractivity contribution in [3.05, 3.63) is 24.2 Å². The van der Waals surface area contributed by atoms with E-state index in [2.05, 4.69) is 0 Å². The number of ether oxygens (including phenoxy) is 2. The maximum absolute atomic E-state index is 13.2. The van der Waals surface area contributed by atoms with Gasteiger partial charge < -0.3 is 19.0 Å². The molecule has 7 atom stereocenters. The second-order valence-corrected chi connectivity index (χ2v) is 8.89. The predicted molar refractivity (Wildman–Crippen MR) is 88.9 cm³/mol. The minimum atomic E-state index is -1.48. The van der Waals surface area contributed by atoms with E-state index in [1.165, 1.54) is 0 Å². The van der Waals surface area contributed by atoms with Crippen molar-refractivity contribution in [2.75, 3.05) is 0 Å². The van der Waals surface area contributed by atoms with Gasteiger partial charge in [-0.25, -0.2) is 0 Å². The van der Waals surface area contributed by atoms with Crippen LogP contribution in [0, 0.1) is 16.7 Å². The first-order valence-electron chi connectivity index (χ1n) is 9.37. The fraction of sp³-hybridized carbons (Fsp3) is 0.700. The van der Waals surface area contributed by atoms with Crippen LogP contribution in [0.4, 0.5) is 0 Å². The van der Waals surface area contributed by atoms with Gasteiger partial charge in [0.05, 0.1) is 29.6 Å². The Kier molecular flexibility index (Phi) is 2.92. The van der Waals surface area contributed by atoms with Gasteiger partial charge in [0.25, 0.3) is 0 Å². The SMILES string of the molecule is C[C@@H]1CC(=O)[C@@]2(C)[C@](O)(CCC3O[C@]32C)[C@@]12CC(c1ccoc1)OC2=O. The van der Waals surface area contributed by atoms with E-state index >= 15 is 0 Å². The molecule has 2 saturated heterocycles. The van der Waals surface area contributed by atoms with Crippen LogP contribution in [0.3, 0.4) is 0 Å².